The molecule has 0 fully saturated rings. The Labute approximate surface area is 273 Å². The molecule has 4 aromatic rings. The lowest BCUT2D eigenvalue weighted by Gasteiger charge is -2.28. The topological polar surface area (TPSA) is 180 Å². The van der Waals surface area contributed by atoms with Gasteiger partial charge in [-0.2, -0.15) is 0 Å². The van der Waals surface area contributed by atoms with E-state index in [-0.39, 0.29) is 31.1 Å². The van der Waals surface area contributed by atoms with Gasteiger partial charge in [-0.1, -0.05) is 36.4 Å². The number of rotatable bonds is 17. The van der Waals surface area contributed by atoms with E-state index in [2.05, 4.69) is 19.9 Å². The number of nitrogens with zero attached hydrogens (tertiary/aromatic N) is 5. The number of aliphatic hydroxyl groups is 5. The molecular weight excluding hydrogens is 602 g/mol. The van der Waals surface area contributed by atoms with Gasteiger partial charge in [-0.3, -0.25) is 29.4 Å². The number of hydrogen-bond donors (Lipinski definition) is 5. The first-order valence-corrected chi connectivity index (χ1v) is 15.3. The van der Waals surface area contributed by atoms with Crippen LogP contribution in [0.1, 0.15) is 38.6 Å². The Morgan fingerprint density at radius 1 is 0.681 bits per heavy atom. The summed E-state index contributed by atoms with van der Waals surface area (Å²) in [6, 6.07) is 22.3. The number of aliphatic hydroxyl groups excluding tert-OH is 5. The minimum Gasteiger partial charge on any atom is -0.394 e. The molecule has 0 saturated heterocycles. The van der Waals surface area contributed by atoms with Crippen molar-refractivity contribution in [3.05, 3.63) is 125 Å². The van der Waals surface area contributed by atoms with Gasteiger partial charge in [0.15, 0.2) is 5.78 Å². The lowest BCUT2D eigenvalue weighted by atomic mass is 10.0. The third-order valence-corrected chi connectivity index (χ3v) is 7.71. The SMILES string of the molecule is CN(C[C@H](O)[C@@H](O)[C@H](O)[C@H](O)CO)C(=O)Cc1ccc(CC(=O)c2ccc(CN(Cc3ccccn3)Cc3ccccn3)nc2)cc1. The van der Waals surface area contributed by atoms with E-state index < -0.39 is 31.0 Å². The first-order valence-electron chi connectivity index (χ1n) is 15.3. The third kappa shape index (κ3) is 10.8. The van der Waals surface area contributed by atoms with Gasteiger partial charge in [0, 0.05) is 63.8 Å². The predicted molar refractivity (Wildman–Crippen MR) is 173 cm³/mol. The lowest BCUT2D eigenvalue weighted by molar-refractivity contribution is -0.137. The number of amides is 1. The fraction of sp³-hybridized carbons (Fsp3) is 0.343. The molecule has 0 spiro atoms. The summed E-state index contributed by atoms with van der Waals surface area (Å²) in [5.74, 6) is -0.436. The maximum Gasteiger partial charge on any atom is 0.226 e. The number of pyridine rings is 3. The van der Waals surface area contributed by atoms with Gasteiger partial charge in [0.1, 0.15) is 24.4 Å². The van der Waals surface area contributed by atoms with Crippen LogP contribution in [-0.4, -0.2) is 107 Å². The van der Waals surface area contributed by atoms with Crippen molar-refractivity contribution in [2.75, 3.05) is 20.2 Å². The highest BCUT2D eigenvalue weighted by Crippen LogP contribution is 2.15. The van der Waals surface area contributed by atoms with Gasteiger partial charge in [0.05, 0.1) is 30.1 Å². The normalized spacial score (nSPS) is 13.9. The maximum absolute atomic E-state index is 13.0. The van der Waals surface area contributed by atoms with Crippen molar-refractivity contribution in [2.24, 2.45) is 0 Å². The highest BCUT2D eigenvalue weighted by Gasteiger charge is 2.31. The molecule has 47 heavy (non-hydrogen) atoms. The van der Waals surface area contributed by atoms with Gasteiger partial charge in [-0.05, 0) is 47.5 Å². The molecule has 4 rings (SSSR count). The standard InChI is InChI=1S/C35H41N5O7/c1-39(22-31(43)34(46)35(47)32(44)23-41)33(45)17-25-10-8-24(9-11-25)16-30(42)26-12-13-29(38-18-26)21-40(19-27-6-2-4-14-36-27)20-28-7-3-5-15-37-28/h2-15,18,31-32,34-35,41,43-44,46-47H,16-17,19-23H2,1H3/t31-,32+,34+,35+/m0/s1. The van der Waals surface area contributed by atoms with Crippen molar-refractivity contribution in [1.82, 2.24) is 24.8 Å². The van der Waals surface area contributed by atoms with E-state index in [0.29, 0.717) is 30.8 Å². The Hall–Kier alpha value is -4.43. The van der Waals surface area contributed by atoms with Crippen molar-refractivity contribution in [2.45, 2.75) is 56.9 Å². The smallest absolute Gasteiger partial charge is 0.226 e. The Bertz CT molecular complexity index is 1500. The molecule has 0 radical (unpaired) electrons. The van der Waals surface area contributed by atoms with Crippen LogP contribution in [0.25, 0.3) is 0 Å². The Balaban J connectivity index is 1.29. The largest absolute Gasteiger partial charge is 0.394 e. The predicted octanol–water partition coefficient (Wildman–Crippen LogP) is 0.936. The number of carbonyl (C=O) groups excluding carboxylic acids is 2. The molecule has 12 heteroatoms. The quantitative estimate of drug-likeness (QED) is 0.103. The number of benzene rings is 1. The van der Waals surface area contributed by atoms with Crippen molar-refractivity contribution in [3.8, 4) is 0 Å². The van der Waals surface area contributed by atoms with Crippen molar-refractivity contribution in [1.29, 1.82) is 0 Å². The first kappa shape index (κ1) is 35.4. The Morgan fingerprint density at radius 2 is 1.21 bits per heavy atom. The van der Waals surface area contributed by atoms with Gasteiger partial charge < -0.3 is 30.4 Å². The molecule has 0 aliphatic heterocycles. The molecule has 0 saturated carbocycles. The number of Topliss-reactive ketones (excluding diaryl/α,β-unsaturated/α-hetero) is 1. The van der Waals surface area contributed by atoms with Gasteiger partial charge in [0.2, 0.25) is 5.91 Å². The molecule has 3 aromatic heterocycles. The van der Waals surface area contributed by atoms with Crippen LogP contribution in [0.5, 0.6) is 0 Å². The second kappa shape index (κ2) is 17.5. The van der Waals surface area contributed by atoms with Crippen LogP contribution in [0.4, 0.5) is 0 Å². The fourth-order valence-electron chi connectivity index (χ4n) is 4.95. The zero-order chi connectivity index (χ0) is 33.8. The highest BCUT2D eigenvalue weighted by molar-refractivity contribution is 5.97. The third-order valence-electron chi connectivity index (χ3n) is 7.71. The molecule has 0 unspecified atom stereocenters. The van der Waals surface area contributed by atoms with E-state index in [1.54, 1.807) is 48.9 Å². The summed E-state index contributed by atoms with van der Waals surface area (Å²) in [6.45, 7) is 0.698. The van der Waals surface area contributed by atoms with Crippen LogP contribution in [0.3, 0.4) is 0 Å². The first-order chi connectivity index (χ1) is 22.6. The van der Waals surface area contributed by atoms with E-state index in [9.17, 15) is 30.0 Å². The number of carbonyl (C=O) groups is 2. The van der Waals surface area contributed by atoms with Crippen LogP contribution >= 0.6 is 0 Å². The lowest BCUT2D eigenvalue weighted by Crippen LogP contribution is -2.50. The van der Waals surface area contributed by atoms with Crippen molar-refractivity contribution >= 4 is 11.7 Å². The Kier molecular flexibility index (Phi) is 13.2. The van der Waals surface area contributed by atoms with Gasteiger partial charge in [-0.15, -0.1) is 0 Å². The van der Waals surface area contributed by atoms with E-state index >= 15 is 0 Å². The molecule has 4 atom stereocenters. The minimum atomic E-state index is -1.77. The minimum absolute atomic E-state index is 0.0123. The van der Waals surface area contributed by atoms with Crippen LogP contribution in [0.2, 0.25) is 0 Å². The van der Waals surface area contributed by atoms with Crippen LogP contribution in [0.15, 0.2) is 91.4 Å². The molecule has 5 N–H and O–H groups in total. The van der Waals surface area contributed by atoms with E-state index in [1.807, 2.05) is 42.5 Å². The summed E-state index contributed by atoms with van der Waals surface area (Å²) < 4.78 is 0. The molecule has 0 aliphatic rings. The van der Waals surface area contributed by atoms with Gasteiger partial charge in [-0.25, -0.2) is 0 Å². The van der Waals surface area contributed by atoms with Crippen molar-refractivity contribution < 1.29 is 35.1 Å². The van der Waals surface area contributed by atoms with E-state index in [4.69, 9.17) is 5.11 Å². The number of likely N-dealkylation sites (N-methyl/N-ethyl adjacent to an activating group) is 1. The van der Waals surface area contributed by atoms with Crippen LogP contribution in [-0.2, 0) is 37.3 Å². The molecule has 248 valence electrons. The molecule has 0 bridgehead atoms. The monoisotopic (exact) mass is 643 g/mol. The van der Waals surface area contributed by atoms with E-state index in [1.165, 1.54) is 11.9 Å². The number of hydrogen-bond acceptors (Lipinski definition) is 11. The summed E-state index contributed by atoms with van der Waals surface area (Å²) >= 11 is 0. The zero-order valence-electron chi connectivity index (χ0n) is 26.2. The second-order valence-electron chi connectivity index (χ2n) is 11.5. The summed E-state index contributed by atoms with van der Waals surface area (Å²) in [7, 11) is 1.44. The maximum atomic E-state index is 13.0. The summed E-state index contributed by atoms with van der Waals surface area (Å²) in [6.07, 6.45) is -1.37. The molecule has 0 aliphatic carbocycles. The highest BCUT2D eigenvalue weighted by atomic mass is 16.4. The average molecular weight is 644 g/mol. The fourth-order valence-corrected chi connectivity index (χ4v) is 4.95. The summed E-state index contributed by atoms with van der Waals surface area (Å²) in [5.41, 5.74) is 4.64. The second-order valence-corrected chi connectivity index (χ2v) is 11.5. The molecule has 1 amide bonds. The van der Waals surface area contributed by atoms with Gasteiger partial charge in [0.25, 0.3) is 0 Å². The van der Waals surface area contributed by atoms with Crippen molar-refractivity contribution in [3.63, 3.8) is 0 Å². The number of aromatic nitrogens is 3. The average Bonchev–Trinajstić information content (AvgIpc) is 3.09. The summed E-state index contributed by atoms with van der Waals surface area (Å²) in [4.78, 5) is 42.6. The van der Waals surface area contributed by atoms with Crippen LogP contribution < -0.4 is 0 Å². The van der Waals surface area contributed by atoms with Crippen LogP contribution in [0, 0.1) is 0 Å². The Morgan fingerprint density at radius 3 is 1.70 bits per heavy atom. The molecular formula is C35H41N5O7. The molecule has 12 nitrogen and oxygen atoms in total. The van der Waals surface area contributed by atoms with Gasteiger partial charge >= 0.3 is 0 Å². The molecule has 3 heterocycles. The molecule has 1 aromatic carbocycles. The van der Waals surface area contributed by atoms with E-state index in [0.717, 1.165) is 22.6 Å². The zero-order valence-corrected chi connectivity index (χ0v) is 26.2. The summed E-state index contributed by atoms with van der Waals surface area (Å²) in [5, 5.41) is 48.3. The number of ketones is 1.